The molecule has 2 aliphatic rings. The first kappa shape index (κ1) is 28.3. The number of hydrogen-bond acceptors (Lipinski definition) is 7. The number of rotatable bonds is 15. The molecule has 0 spiro atoms. The fraction of sp³-hybridized carbons (Fsp3) is 0.481. The van der Waals surface area contributed by atoms with Gasteiger partial charge in [0.05, 0.1) is 12.1 Å². The van der Waals surface area contributed by atoms with E-state index in [1.54, 1.807) is 48.5 Å². The first-order valence-electron chi connectivity index (χ1n) is 13.2. The Balaban J connectivity index is 1.13. The van der Waals surface area contributed by atoms with E-state index in [9.17, 15) is 14.2 Å². The number of hydrogen-bond donors (Lipinski definition) is 4. The molecule has 3 amide bonds. The maximum absolute atomic E-state index is 13.7. The highest BCUT2D eigenvalue weighted by molar-refractivity contribution is 8.00. The van der Waals surface area contributed by atoms with Crippen LogP contribution in [0.2, 0.25) is 0 Å². The monoisotopic (exact) mass is 560 g/mol. The first-order valence-corrected chi connectivity index (χ1v) is 15.9. The van der Waals surface area contributed by atoms with Crippen molar-refractivity contribution in [3.05, 3.63) is 60.7 Å². The summed E-state index contributed by atoms with van der Waals surface area (Å²) < 4.78 is 25.3. The Labute approximate surface area is 228 Å². The SMILES string of the molecule is NC(CCCCNC(=O)CCCC[C@@H]1SC[C@@H]2NC(=O)N[C@@H]21)P(=O)(Oc1ccccc1)Oc1ccccc1. The Bertz CT molecular complexity index is 1050. The van der Waals surface area contributed by atoms with Crippen LogP contribution in [0, 0.1) is 0 Å². The standard InChI is InChI=1S/C27H37N4O5PS/c28-24(37(34,35-20-11-3-1-4-12-20)36-21-13-5-2-6-14-21)16-9-10-18-29-25(32)17-8-7-15-23-26-22(19-38-23)30-27(33)31-26/h1-6,11-14,22-24,26H,7-10,15-19,28H2,(H,29,32)(H2,30,31,33)/t22-,23-,24?,26-/m0/s1. The smallest absolute Gasteiger partial charge is 0.415 e. The van der Waals surface area contributed by atoms with Crippen LogP contribution in [0.3, 0.4) is 0 Å². The molecule has 2 fully saturated rings. The Hall–Kier alpha value is -2.68. The lowest BCUT2D eigenvalue weighted by molar-refractivity contribution is -0.121. The second kappa shape index (κ2) is 13.9. The van der Waals surface area contributed by atoms with Crippen LogP contribution in [0.5, 0.6) is 11.5 Å². The summed E-state index contributed by atoms with van der Waals surface area (Å²) in [7, 11) is -3.70. The highest BCUT2D eigenvalue weighted by atomic mass is 32.2. The van der Waals surface area contributed by atoms with E-state index < -0.39 is 13.4 Å². The van der Waals surface area contributed by atoms with Gasteiger partial charge in [-0.15, -0.1) is 0 Å². The van der Waals surface area contributed by atoms with E-state index in [-0.39, 0.29) is 24.0 Å². The summed E-state index contributed by atoms with van der Waals surface area (Å²) in [5, 5.41) is 9.33. The topological polar surface area (TPSA) is 132 Å². The van der Waals surface area contributed by atoms with Gasteiger partial charge in [-0.1, -0.05) is 42.8 Å². The van der Waals surface area contributed by atoms with Gasteiger partial charge in [-0.2, -0.15) is 11.8 Å². The van der Waals surface area contributed by atoms with Crippen LogP contribution in [-0.2, 0) is 9.36 Å². The number of nitrogens with one attached hydrogen (secondary N) is 3. The van der Waals surface area contributed by atoms with Crippen molar-refractivity contribution in [2.45, 2.75) is 68.1 Å². The summed E-state index contributed by atoms with van der Waals surface area (Å²) >= 11 is 1.89. The van der Waals surface area contributed by atoms with Crippen molar-refractivity contribution < 1.29 is 23.2 Å². The van der Waals surface area contributed by atoms with Gasteiger partial charge >= 0.3 is 13.6 Å². The molecule has 11 heteroatoms. The third-order valence-electron chi connectivity index (χ3n) is 6.69. The van der Waals surface area contributed by atoms with Crippen LogP contribution < -0.4 is 30.7 Å². The van der Waals surface area contributed by atoms with Crippen LogP contribution in [0.4, 0.5) is 4.79 Å². The van der Waals surface area contributed by atoms with Crippen LogP contribution >= 0.6 is 19.4 Å². The van der Waals surface area contributed by atoms with Crippen LogP contribution in [0.1, 0.15) is 44.9 Å². The zero-order chi connectivity index (χ0) is 26.8. The molecule has 2 saturated heterocycles. The highest BCUT2D eigenvalue weighted by Gasteiger charge is 2.42. The molecule has 206 valence electrons. The highest BCUT2D eigenvalue weighted by Crippen LogP contribution is 2.52. The molecule has 5 N–H and O–H groups in total. The fourth-order valence-electron chi connectivity index (χ4n) is 4.64. The van der Waals surface area contributed by atoms with Crippen molar-refractivity contribution in [3.8, 4) is 11.5 Å². The lowest BCUT2D eigenvalue weighted by Crippen LogP contribution is -2.36. The third kappa shape index (κ3) is 8.16. The van der Waals surface area contributed by atoms with Crippen LogP contribution in [0.25, 0.3) is 0 Å². The average molecular weight is 561 g/mol. The molecule has 9 nitrogen and oxygen atoms in total. The van der Waals surface area contributed by atoms with Crippen molar-refractivity contribution in [3.63, 3.8) is 0 Å². The molecule has 4 rings (SSSR count). The molecule has 0 saturated carbocycles. The van der Waals surface area contributed by atoms with Crippen molar-refractivity contribution in [2.75, 3.05) is 12.3 Å². The number of nitrogens with two attached hydrogens (primary N) is 1. The predicted molar refractivity (Wildman–Crippen MR) is 151 cm³/mol. The van der Waals surface area contributed by atoms with Crippen molar-refractivity contribution in [1.29, 1.82) is 0 Å². The number of thioether (sulfide) groups is 1. The number of carbonyl (C=O) groups is 2. The molecular weight excluding hydrogens is 523 g/mol. The molecule has 0 aromatic heterocycles. The van der Waals surface area contributed by atoms with Gasteiger partial charge in [0.15, 0.2) is 0 Å². The van der Waals surface area contributed by atoms with Crippen molar-refractivity contribution >= 4 is 31.3 Å². The van der Waals surface area contributed by atoms with E-state index in [4.69, 9.17) is 14.8 Å². The van der Waals surface area contributed by atoms with Crippen LogP contribution in [0.15, 0.2) is 60.7 Å². The fourth-order valence-corrected chi connectivity index (χ4v) is 7.82. The summed E-state index contributed by atoms with van der Waals surface area (Å²) in [5.41, 5.74) is 6.33. The van der Waals surface area contributed by atoms with Gasteiger partial charge in [0.1, 0.15) is 17.3 Å². The maximum Gasteiger partial charge on any atom is 0.447 e. The van der Waals surface area contributed by atoms with Gasteiger partial charge in [-0.25, -0.2) is 9.36 Å². The Kier molecular flexibility index (Phi) is 10.4. The number of amides is 3. The Morgan fingerprint density at radius 2 is 1.66 bits per heavy atom. The minimum absolute atomic E-state index is 0.0348. The molecule has 2 aromatic carbocycles. The van der Waals surface area contributed by atoms with E-state index in [0.717, 1.165) is 25.0 Å². The first-order chi connectivity index (χ1) is 18.4. The lowest BCUT2D eigenvalue weighted by atomic mass is 10.0. The minimum Gasteiger partial charge on any atom is -0.415 e. The lowest BCUT2D eigenvalue weighted by Gasteiger charge is -2.25. The summed E-state index contributed by atoms with van der Waals surface area (Å²) in [4.78, 5) is 23.7. The Morgan fingerprint density at radius 3 is 2.32 bits per heavy atom. The molecule has 0 radical (unpaired) electrons. The zero-order valence-electron chi connectivity index (χ0n) is 21.4. The number of para-hydroxylation sites is 2. The van der Waals surface area contributed by atoms with E-state index in [1.807, 2.05) is 23.9 Å². The van der Waals surface area contributed by atoms with Gasteiger partial charge in [0, 0.05) is 24.0 Å². The van der Waals surface area contributed by atoms with E-state index in [0.29, 0.717) is 49.0 Å². The molecule has 38 heavy (non-hydrogen) atoms. The second-order valence-electron chi connectivity index (χ2n) is 9.63. The molecule has 1 unspecified atom stereocenters. The molecule has 4 atom stereocenters. The summed E-state index contributed by atoms with van der Waals surface area (Å²) in [6.45, 7) is 0.537. The predicted octanol–water partition coefficient (Wildman–Crippen LogP) is 4.63. The van der Waals surface area contributed by atoms with Gasteiger partial charge in [0.2, 0.25) is 5.91 Å². The van der Waals surface area contributed by atoms with E-state index in [2.05, 4.69) is 16.0 Å². The van der Waals surface area contributed by atoms with Gasteiger partial charge in [-0.3, -0.25) is 4.79 Å². The van der Waals surface area contributed by atoms with Crippen molar-refractivity contribution in [1.82, 2.24) is 16.0 Å². The molecule has 2 heterocycles. The third-order valence-corrected chi connectivity index (χ3v) is 10.2. The van der Waals surface area contributed by atoms with Crippen molar-refractivity contribution in [2.24, 2.45) is 5.73 Å². The zero-order valence-corrected chi connectivity index (χ0v) is 23.1. The quantitative estimate of drug-likeness (QED) is 0.142. The molecule has 2 aromatic rings. The Morgan fingerprint density at radius 1 is 1.00 bits per heavy atom. The van der Waals surface area contributed by atoms with Gasteiger partial charge < -0.3 is 30.7 Å². The molecule has 0 bridgehead atoms. The second-order valence-corrected chi connectivity index (χ2v) is 13.0. The summed E-state index contributed by atoms with van der Waals surface area (Å²) in [6, 6.07) is 18.1. The minimum atomic E-state index is -3.70. The maximum atomic E-state index is 13.7. The normalized spacial score (nSPS) is 21.2. The molecular formula is C27H37N4O5PS. The largest absolute Gasteiger partial charge is 0.447 e. The number of fused-ring (bicyclic) bond motifs is 1. The molecule has 2 aliphatic heterocycles. The number of urea groups is 1. The van der Waals surface area contributed by atoms with E-state index >= 15 is 0 Å². The number of benzene rings is 2. The molecule has 0 aliphatic carbocycles. The summed E-state index contributed by atoms with van der Waals surface area (Å²) in [6.07, 6.45) is 5.07. The summed E-state index contributed by atoms with van der Waals surface area (Å²) in [5.74, 6) is 1.04. The van der Waals surface area contributed by atoms with E-state index in [1.165, 1.54) is 0 Å². The number of unbranched alkanes of at least 4 members (excludes halogenated alkanes) is 2. The van der Waals surface area contributed by atoms with Crippen LogP contribution in [-0.4, -0.2) is 47.4 Å². The van der Waals surface area contributed by atoms with Gasteiger partial charge in [0.25, 0.3) is 0 Å². The average Bonchev–Trinajstić information content (AvgIpc) is 3.46. The van der Waals surface area contributed by atoms with Gasteiger partial charge in [-0.05, 0) is 56.4 Å². The number of carbonyl (C=O) groups excluding carboxylic acids is 2.